The summed E-state index contributed by atoms with van der Waals surface area (Å²) < 4.78 is 21.0. The second kappa shape index (κ2) is 8.52. The van der Waals surface area contributed by atoms with Crippen LogP contribution in [0.2, 0.25) is 5.02 Å². The highest BCUT2D eigenvalue weighted by Gasteiger charge is 2.32. The summed E-state index contributed by atoms with van der Waals surface area (Å²) in [5.74, 6) is -1.26. The van der Waals surface area contributed by atoms with Crippen molar-refractivity contribution in [2.45, 2.75) is 12.6 Å². The molecule has 1 amide bonds. The van der Waals surface area contributed by atoms with E-state index in [0.717, 1.165) is 9.47 Å². The van der Waals surface area contributed by atoms with E-state index in [2.05, 4.69) is 4.98 Å². The lowest BCUT2D eigenvalue weighted by Gasteiger charge is -2.27. The monoisotopic (exact) mass is 447 g/mol. The van der Waals surface area contributed by atoms with E-state index in [0.29, 0.717) is 16.5 Å². The highest BCUT2D eigenvalue weighted by molar-refractivity contribution is 6.30. The van der Waals surface area contributed by atoms with Crippen molar-refractivity contribution in [3.8, 4) is 0 Å². The van der Waals surface area contributed by atoms with Crippen LogP contribution in [0.1, 0.15) is 11.7 Å². The summed E-state index contributed by atoms with van der Waals surface area (Å²) in [6.07, 6.45) is -1.88. The molecule has 0 saturated carbocycles. The molecule has 0 spiro atoms. The number of aromatic amines is 1. The Labute approximate surface area is 180 Å². The summed E-state index contributed by atoms with van der Waals surface area (Å²) in [6, 6.07) is 10.8. The minimum Gasteiger partial charge on any atom is -0.465 e. The molecule has 2 atom stereocenters. The number of nitrogens with one attached hydrogen (secondary N) is 1. The summed E-state index contributed by atoms with van der Waals surface area (Å²) in [6.45, 7) is 0.0860. The van der Waals surface area contributed by atoms with Crippen LogP contribution in [0.5, 0.6) is 0 Å². The van der Waals surface area contributed by atoms with Crippen molar-refractivity contribution in [1.29, 1.82) is 0 Å². The van der Waals surface area contributed by atoms with Crippen LogP contribution in [0.25, 0.3) is 10.9 Å². The van der Waals surface area contributed by atoms with Crippen molar-refractivity contribution in [3.63, 3.8) is 0 Å². The van der Waals surface area contributed by atoms with Crippen LogP contribution in [-0.2, 0) is 11.3 Å². The van der Waals surface area contributed by atoms with Gasteiger partial charge in [-0.25, -0.2) is 14.0 Å². The molecule has 1 fully saturated rings. The van der Waals surface area contributed by atoms with Gasteiger partial charge in [-0.2, -0.15) is 0 Å². The van der Waals surface area contributed by atoms with Gasteiger partial charge in [0.25, 0.3) is 5.56 Å². The van der Waals surface area contributed by atoms with E-state index in [1.807, 2.05) is 0 Å². The van der Waals surface area contributed by atoms with Gasteiger partial charge in [0.2, 0.25) is 0 Å². The highest BCUT2D eigenvalue weighted by Crippen LogP contribution is 2.32. The molecule has 8 nitrogen and oxygen atoms in total. The number of H-pyrrole nitrogens is 1. The summed E-state index contributed by atoms with van der Waals surface area (Å²) in [7, 11) is 0. The molecule has 1 aromatic heterocycles. The second-order valence-electron chi connectivity index (χ2n) is 7.35. The lowest BCUT2D eigenvalue weighted by atomic mass is 9.94. The first-order valence-corrected chi connectivity index (χ1v) is 9.99. The Kier molecular flexibility index (Phi) is 5.79. The standard InChI is InChI=1S/C21H19ClFN3O5/c22-15-6-5-12(9-16(15)23)18-13(10-25(21(29)30)7-8-31-18)11-26-19(27)14-3-1-2-4-17(14)24-20(26)28/h1-6,9,13,18H,7-8,10-11H2,(H,24,28)(H,29,30)/t13-,18-/m0/s1. The number of ether oxygens (including phenoxy) is 1. The summed E-state index contributed by atoms with van der Waals surface area (Å²) in [5.41, 5.74) is -0.249. The van der Waals surface area contributed by atoms with Crippen LogP contribution in [-0.4, -0.2) is 45.3 Å². The minimum atomic E-state index is -1.14. The fourth-order valence-electron chi connectivity index (χ4n) is 3.88. The lowest BCUT2D eigenvalue weighted by molar-refractivity contribution is 0.0245. The van der Waals surface area contributed by atoms with E-state index < -0.39 is 35.2 Å². The van der Waals surface area contributed by atoms with Crippen molar-refractivity contribution >= 4 is 28.6 Å². The van der Waals surface area contributed by atoms with Gasteiger partial charge in [0.05, 0.1) is 28.6 Å². The molecule has 1 saturated heterocycles. The number of benzene rings is 2. The van der Waals surface area contributed by atoms with E-state index in [1.165, 1.54) is 12.1 Å². The summed E-state index contributed by atoms with van der Waals surface area (Å²) >= 11 is 5.79. The SMILES string of the molecule is O=C(O)N1CCO[C@@H](c2ccc(Cl)c(F)c2)[C@H](Cn2c(=O)[nH]c3ccccc3c2=O)C1. The van der Waals surface area contributed by atoms with Gasteiger partial charge in [-0.05, 0) is 29.8 Å². The van der Waals surface area contributed by atoms with Crippen molar-refractivity contribution in [2.75, 3.05) is 19.7 Å². The van der Waals surface area contributed by atoms with Crippen molar-refractivity contribution in [2.24, 2.45) is 5.92 Å². The van der Waals surface area contributed by atoms with Crippen LogP contribution in [0.4, 0.5) is 9.18 Å². The molecule has 2 N–H and O–H groups in total. The van der Waals surface area contributed by atoms with Gasteiger partial charge in [-0.1, -0.05) is 29.8 Å². The molecular formula is C21H19ClFN3O5. The predicted molar refractivity (Wildman–Crippen MR) is 112 cm³/mol. The van der Waals surface area contributed by atoms with E-state index in [9.17, 15) is 23.9 Å². The largest absolute Gasteiger partial charge is 0.465 e. The van der Waals surface area contributed by atoms with Gasteiger partial charge < -0.3 is 19.7 Å². The molecule has 162 valence electrons. The van der Waals surface area contributed by atoms with E-state index >= 15 is 0 Å². The third-order valence-corrected chi connectivity index (χ3v) is 5.70. The predicted octanol–water partition coefficient (Wildman–Crippen LogP) is 2.85. The zero-order valence-electron chi connectivity index (χ0n) is 16.3. The zero-order chi connectivity index (χ0) is 22.1. The van der Waals surface area contributed by atoms with Gasteiger partial charge in [0, 0.05) is 25.6 Å². The Balaban J connectivity index is 1.78. The number of halogens is 2. The van der Waals surface area contributed by atoms with Gasteiger partial charge in [0.1, 0.15) is 5.82 Å². The molecule has 31 heavy (non-hydrogen) atoms. The Hall–Kier alpha value is -3.17. The molecular weight excluding hydrogens is 429 g/mol. The number of para-hydroxylation sites is 1. The Morgan fingerprint density at radius 1 is 1.26 bits per heavy atom. The first-order valence-electron chi connectivity index (χ1n) is 9.61. The number of amides is 1. The maximum absolute atomic E-state index is 14.1. The Morgan fingerprint density at radius 2 is 2.03 bits per heavy atom. The number of carboxylic acid groups (broad SMARTS) is 1. The smallest absolute Gasteiger partial charge is 0.407 e. The van der Waals surface area contributed by atoms with Gasteiger partial charge in [-0.15, -0.1) is 0 Å². The van der Waals surface area contributed by atoms with Gasteiger partial charge in [0.15, 0.2) is 0 Å². The first-order chi connectivity index (χ1) is 14.8. The molecule has 0 unspecified atom stereocenters. The molecule has 4 rings (SSSR count). The highest BCUT2D eigenvalue weighted by atomic mass is 35.5. The van der Waals surface area contributed by atoms with Crippen LogP contribution >= 0.6 is 11.6 Å². The minimum absolute atomic E-state index is 0.00293. The maximum Gasteiger partial charge on any atom is 0.407 e. The third-order valence-electron chi connectivity index (χ3n) is 5.39. The maximum atomic E-state index is 14.1. The fraction of sp³-hybridized carbons (Fsp3) is 0.286. The van der Waals surface area contributed by atoms with Crippen molar-refractivity contribution in [3.05, 3.63) is 79.7 Å². The zero-order valence-corrected chi connectivity index (χ0v) is 17.0. The molecule has 0 radical (unpaired) electrons. The van der Waals surface area contributed by atoms with Crippen molar-refractivity contribution < 1.29 is 19.0 Å². The second-order valence-corrected chi connectivity index (χ2v) is 7.75. The Bertz CT molecular complexity index is 1260. The quantitative estimate of drug-likeness (QED) is 0.642. The molecule has 1 aliphatic heterocycles. The molecule has 0 bridgehead atoms. The lowest BCUT2D eigenvalue weighted by Crippen LogP contribution is -2.42. The number of hydrogen-bond donors (Lipinski definition) is 2. The molecule has 10 heteroatoms. The van der Waals surface area contributed by atoms with E-state index in [4.69, 9.17) is 16.3 Å². The Morgan fingerprint density at radius 3 is 2.77 bits per heavy atom. The van der Waals surface area contributed by atoms with Gasteiger partial charge in [-0.3, -0.25) is 9.36 Å². The van der Waals surface area contributed by atoms with Gasteiger partial charge >= 0.3 is 11.8 Å². The normalized spacial score (nSPS) is 19.4. The average molecular weight is 448 g/mol. The molecule has 1 aliphatic rings. The molecule has 2 aromatic carbocycles. The van der Waals surface area contributed by atoms with Crippen LogP contribution in [0.3, 0.4) is 0 Å². The number of nitrogens with zero attached hydrogens (tertiary/aromatic N) is 2. The summed E-state index contributed by atoms with van der Waals surface area (Å²) in [5, 5.41) is 9.77. The molecule has 2 heterocycles. The summed E-state index contributed by atoms with van der Waals surface area (Å²) in [4.78, 5) is 41.0. The number of aromatic nitrogens is 2. The number of hydrogen-bond acceptors (Lipinski definition) is 4. The van der Waals surface area contributed by atoms with Crippen LogP contribution in [0.15, 0.2) is 52.1 Å². The van der Waals surface area contributed by atoms with Crippen molar-refractivity contribution in [1.82, 2.24) is 14.5 Å². The fourth-order valence-corrected chi connectivity index (χ4v) is 4.00. The number of rotatable bonds is 3. The molecule has 3 aromatic rings. The number of fused-ring (bicyclic) bond motifs is 1. The van der Waals surface area contributed by atoms with E-state index in [1.54, 1.807) is 30.3 Å². The first kappa shape index (κ1) is 21.1. The number of carbonyl (C=O) groups is 1. The molecule has 0 aliphatic carbocycles. The topological polar surface area (TPSA) is 105 Å². The third kappa shape index (κ3) is 4.19. The van der Waals surface area contributed by atoms with Crippen LogP contribution < -0.4 is 11.2 Å². The average Bonchev–Trinajstić information content (AvgIpc) is 2.96. The van der Waals surface area contributed by atoms with E-state index in [-0.39, 0.29) is 31.3 Å². The van der Waals surface area contributed by atoms with Crippen LogP contribution in [0, 0.1) is 11.7 Å².